The maximum atomic E-state index is 13.8. The summed E-state index contributed by atoms with van der Waals surface area (Å²) >= 11 is 0. The maximum Gasteiger partial charge on any atom is 0.129 e. The Morgan fingerprint density at radius 1 is 1.44 bits per heavy atom. The van der Waals surface area contributed by atoms with Gasteiger partial charge >= 0.3 is 0 Å². The summed E-state index contributed by atoms with van der Waals surface area (Å²) in [6, 6.07) is 4.83. The number of halogens is 1. The number of imidazole rings is 1. The minimum atomic E-state index is -0.298. The summed E-state index contributed by atoms with van der Waals surface area (Å²) in [5.41, 5.74) is 1.15. The Hall–Kier alpha value is -2.12. The van der Waals surface area contributed by atoms with Crippen molar-refractivity contribution in [3.63, 3.8) is 0 Å². The number of aromatic nitrogens is 2. The number of rotatable bonds is 2. The van der Waals surface area contributed by atoms with Gasteiger partial charge in [0.25, 0.3) is 0 Å². The lowest BCUT2D eigenvalue weighted by Crippen LogP contribution is -2.03. The molecule has 0 amide bonds. The van der Waals surface area contributed by atoms with Crippen molar-refractivity contribution in [2.24, 2.45) is 0 Å². The molecule has 0 aliphatic heterocycles. The zero-order valence-electron chi connectivity index (χ0n) is 10.0. The number of nitrogens with zero attached hydrogens (tertiary/aromatic N) is 2. The van der Waals surface area contributed by atoms with Gasteiger partial charge in [0.15, 0.2) is 0 Å². The van der Waals surface area contributed by atoms with Crippen LogP contribution in [0.1, 0.15) is 17.0 Å². The van der Waals surface area contributed by atoms with E-state index in [4.69, 9.17) is 5.11 Å². The molecule has 2 aromatic rings. The van der Waals surface area contributed by atoms with Crippen LogP contribution in [0.2, 0.25) is 0 Å². The van der Waals surface area contributed by atoms with Crippen LogP contribution >= 0.6 is 0 Å². The van der Waals surface area contributed by atoms with E-state index in [1.807, 2.05) is 17.7 Å². The first-order chi connectivity index (χ1) is 8.70. The Balaban J connectivity index is 2.23. The van der Waals surface area contributed by atoms with Gasteiger partial charge in [-0.1, -0.05) is 17.9 Å². The second-order valence-electron chi connectivity index (χ2n) is 3.87. The van der Waals surface area contributed by atoms with Crippen LogP contribution in [0, 0.1) is 24.6 Å². The predicted molar refractivity (Wildman–Crippen MR) is 66.4 cm³/mol. The molecule has 0 spiro atoms. The number of benzene rings is 1. The molecule has 0 unspecified atom stereocenters. The van der Waals surface area contributed by atoms with Gasteiger partial charge in [0, 0.05) is 23.5 Å². The molecule has 1 heterocycles. The highest BCUT2D eigenvalue weighted by molar-refractivity contribution is 5.37. The molecule has 1 aromatic carbocycles. The Morgan fingerprint density at radius 3 is 2.89 bits per heavy atom. The van der Waals surface area contributed by atoms with Crippen molar-refractivity contribution in [3.05, 3.63) is 53.4 Å². The molecule has 1 N–H and O–H groups in total. The molecule has 0 radical (unpaired) electrons. The number of aliphatic hydroxyl groups excluding tert-OH is 1. The predicted octanol–water partition coefficient (Wildman–Crippen LogP) is 1.72. The largest absolute Gasteiger partial charge is 0.384 e. The highest BCUT2D eigenvalue weighted by atomic mass is 19.1. The molecule has 0 atom stereocenters. The topological polar surface area (TPSA) is 38.0 Å². The minimum absolute atomic E-state index is 0.225. The van der Waals surface area contributed by atoms with E-state index in [2.05, 4.69) is 16.8 Å². The van der Waals surface area contributed by atoms with Crippen LogP contribution in [-0.2, 0) is 6.54 Å². The van der Waals surface area contributed by atoms with Crippen molar-refractivity contribution < 1.29 is 9.50 Å². The fourth-order valence-corrected chi connectivity index (χ4v) is 1.65. The van der Waals surface area contributed by atoms with Crippen LogP contribution in [-0.4, -0.2) is 21.3 Å². The Bertz CT molecular complexity index is 608. The first-order valence-corrected chi connectivity index (χ1v) is 5.56. The monoisotopic (exact) mass is 244 g/mol. The van der Waals surface area contributed by atoms with Crippen LogP contribution in [0.15, 0.2) is 30.6 Å². The lowest BCUT2D eigenvalue weighted by atomic mass is 10.1. The number of aryl methyl sites for hydroxylation is 1. The van der Waals surface area contributed by atoms with Crippen LogP contribution in [0.5, 0.6) is 0 Å². The highest BCUT2D eigenvalue weighted by Gasteiger charge is 2.05. The van der Waals surface area contributed by atoms with Crippen molar-refractivity contribution in [1.82, 2.24) is 9.55 Å². The lowest BCUT2D eigenvalue weighted by molar-refractivity contribution is 0.350. The molecule has 0 saturated carbocycles. The van der Waals surface area contributed by atoms with E-state index in [9.17, 15) is 4.39 Å². The van der Waals surface area contributed by atoms with E-state index in [0.29, 0.717) is 17.7 Å². The third kappa shape index (κ3) is 2.76. The molecule has 4 heteroatoms. The highest BCUT2D eigenvalue weighted by Crippen LogP contribution is 2.12. The number of hydrogen-bond acceptors (Lipinski definition) is 2. The van der Waals surface area contributed by atoms with E-state index in [1.54, 1.807) is 18.3 Å². The molecule has 0 aliphatic rings. The second kappa shape index (κ2) is 5.48. The van der Waals surface area contributed by atoms with Gasteiger partial charge < -0.3 is 9.67 Å². The quantitative estimate of drug-likeness (QED) is 0.817. The van der Waals surface area contributed by atoms with Crippen LogP contribution < -0.4 is 0 Å². The van der Waals surface area contributed by atoms with Crippen molar-refractivity contribution in [1.29, 1.82) is 0 Å². The molecule has 18 heavy (non-hydrogen) atoms. The van der Waals surface area contributed by atoms with Crippen LogP contribution in [0.25, 0.3) is 0 Å². The van der Waals surface area contributed by atoms with Gasteiger partial charge in [-0.15, -0.1) is 0 Å². The van der Waals surface area contributed by atoms with E-state index < -0.39 is 0 Å². The standard InChI is InChI=1S/C14H13FN2O/c1-11-16-6-7-17(11)10-13-5-4-12(3-2-8-18)9-14(13)15/h4-7,9,18H,8,10H2,1H3. The number of aliphatic hydroxyl groups is 1. The molecule has 0 aliphatic carbocycles. The first kappa shape index (κ1) is 12.3. The first-order valence-electron chi connectivity index (χ1n) is 5.56. The Labute approximate surface area is 105 Å². The van der Waals surface area contributed by atoms with Gasteiger partial charge in [0.1, 0.15) is 18.2 Å². The third-order valence-corrected chi connectivity index (χ3v) is 2.63. The van der Waals surface area contributed by atoms with Gasteiger partial charge in [-0.05, 0) is 19.1 Å². The van der Waals surface area contributed by atoms with Gasteiger partial charge in [-0.25, -0.2) is 9.37 Å². The van der Waals surface area contributed by atoms with Crippen molar-refractivity contribution in [2.75, 3.05) is 6.61 Å². The lowest BCUT2D eigenvalue weighted by Gasteiger charge is -2.06. The Morgan fingerprint density at radius 2 is 2.28 bits per heavy atom. The van der Waals surface area contributed by atoms with Crippen LogP contribution in [0.4, 0.5) is 4.39 Å². The van der Waals surface area contributed by atoms with E-state index in [0.717, 1.165) is 5.82 Å². The second-order valence-corrected chi connectivity index (χ2v) is 3.87. The summed E-state index contributed by atoms with van der Waals surface area (Å²) in [4.78, 5) is 4.09. The van der Waals surface area contributed by atoms with Crippen molar-refractivity contribution in [2.45, 2.75) is 13.5 Å². The average Bonchev–Trinajstić information content (AvgIpc) is 2.75. The minimum Gasteiger partial charge on any atom is -0.384 e. The van der Waals surface area contributed by atoms with Gasteiger partial charge in [-0.2, -0.15) is 0 Å². The normalized spacial score (nSPS) is 9.94. The molecule has 1 aromatic heterocycles. The summed E-state index contributed by atoms with van der Waals surface area (Å²) in [5, 5.41) is 8.58. The summed E-state index contributed by atoms with van der Waals surface area (Å²) in [5.74, 6) is 5.71. The number of hydrogen-bond donors (Lipinski definition) is 1. The zero-order chi connectivity index (χ0) is 13.0. The SMILES string of the molecule is Cc1nccn1Cc1ccc(C#CCO)cc1F. The molecule has 0 bridgehead atoms. The summed E-state index contributed by atoms with van der Waals surface area (Å²) in [6.07, 6.45) is 3.50. The molecule has 3 nitrogen and oxygen atoms in total. The molecular weight excluding hydrogens is 231 g/mol. The van der Waals surface area contributed by atoms with E-state index >= 15 is 0 Å². The van der Waals surface area contributed by atoms with Gasteiger partial charge in [-0.3, -0.25) is 0 Å². The van der Waals surface area contributed by atoms with Crippen LogP contribution in [0.3, 0.4) is 0 Å². The summed E-state index contributed by atoms with van der Waals surface area (Å²) in [6.45, 7) is 2.10. The van der Waals surface area contributed by atoms with E-state index in [-0.39, 0.29) is 12.4 Å². The van der Waals surface area contributed by atoms with Gasteiger partial charge in [0.2, 0.25) is 0 Å². The summed E-state index contributed by atoms with van der Waals surface area (Å²) in [7, 11) is 0. The van der Waals surface area contributed by atoms with Crippen molar-refractivity contribution in [3.8, 4) is 11.8 Å². The third-order valence-electron chi connectivity index (χ3n) is 2.63. The molecule has 0 fully saturated rings. The fraction of sp³-hybridized carbons (Fsp3) is 0.214. The van der Waals surface area contributed by atoms with Gasteiger partial charge in [0.05, 0.1) is 6.54 Å². The Kier molecular flexibility index (Phi) is 3.75. The summed E-state index contributed by atoms with van der Waals surface area (Å²) < 4.78 is 15.7. The molecule has 0 saturated heterocycles. The maximum absolute atomic E-state index is 13.8. The van der Waals surface area contributed by atoms with Crippen molar-refractivity contribution >= 4 is 0 Å². The fourth-order valence-electron chi connectivity index (χ4n) is 1.65. The van der Waals surface area contributed by atoms with E-state index in [1.165, 1.54) is 6.07 Å². The molecule has 92 valence electrons. The molecular formula is C14H13FN2O. The zero-order valence-corrected chi connectivity index (χ0v) is 10.0. The smallest absolute Gasteiger partial charge is 0.129 e. The molecule has 2 rings (SSSR count). The average molecular weight is 244 g/mol.